The van der Waals surface area contributed by atoms with Gasteiger partial charge < -0.3 is 9.84 Å². The molecule has 32 heavy (non-hydrogen) atoms. The molecule has 0 saturated heterocycles. The Kier molecular flexibility index (Phi) is 6.13. The number of carboxylic acids is 1. The number of halogens is 1. The first kappa shape index (κ1) is 21.5. The molecule has 7 nitrogen and oxygen atoms in total. The minimum Gasteiger partial charge on any atom is -0.488 e. The van der Waals surface area contributed by atoms with Crippen molar-refractivity contribution in [3.63, 3.8) is 0 Å². The van der Waals surface area contributed by atoms with Gasteiger partial charge in [0.1, 0.15) is 18.2 Å². The number of para-hydroxylation sites is 1. The lowest BCUT2D eigenvalue weighted by Crippen LogP contribution is -2.20. The maximum absolute atomic E-state index is 12.9. The van der Waals surface area contributed by atoms with E-state index in [0.717, 1.165) is 10.0 Å². The molecule has 160 valence electrons. The van der Waals surface area contributed by atoms with E-state index in [1.807, 2.05) is 24.3 Å². The summed E-state index contributed by atoms with van der Waals surface area (Å²) in [5.74, 6) is 0.0823. The Morgan fingerprint density at radius 2 is 1.91 bits per heavy atom. The van der Waals surface area contributed by atoms with Gasteiger partial charge in [-0.15, -0.1) is 0 Å². The van der Waals surface area contributed by atoms with Gasteiger partial charge in [-0.2, -0.15) is 9.78 Å². The van der Waals surface area contributed by atoms with Gasteiger partial charge in [0.2, 0.25) is 0 Å². The van der Waals surface area contributed by atoms with Crippen molar-refractivity contribution in [2.24, 2.45) is 5.10 Å². The highest BCUT2D eigenvalue weighted by Crippen LogP contribution is 2.19. The van der Waals surface area contributed by atoms with E-state index in [2.05, 4.69) is 26.0 Å². The zero-order valence-corrected chi connectivity index (χ0v) is 18.6. The molecule has 0 radical (unpaired) electrons. The van der Waals surface area contributed by atoms with Crippen molar-refractivity contribution < 1.29 is 14.6 Å². The Labute approximate surface area is 191 Å². The number of hydrogen-bond acceptors (Lipinski definition) is 5. The van der Waals surface area contributed by atoms with E-state index in [1.165, 1.54) is 16.8 Å². The molecule has 0 amide bonds. The van der Waals surface area contributed by atoms with Crippen LogP contribution in [0.5, 0.6) is 5.75 Å². The predicted octanol–water partition coefficient (Wildman–Crippen LogP) is 4.63. The SMILES string of the molecule is Cc1nc2ccc(Br)cc2c(=O)n1N=Cc1ccccc1OCc1ccc(C(=O)O)cc1. The molecule has 1 heterocycles. The van der Waals surface area contributed by atoms with Gasteiger partial charge in [0.25, 0.3) is 5.56 Å². The van der Waals surface area contributed by atoms with Crippen LogP contribution in [-0.4, -0.2) is 27.0 Å². The zero-order chi connectivity index (χ0) is 22.7. The van der Waals surface area contributed by atoms with Crippen LogP contribution in [0, 0.1) is 6.92 Å². The summed E-state index contributed by atoms with van der Waals surface area (Å²) in [5.41, 5.74) is 2.09. The van der Waals surface area contributed by atoms with Crippen molar-refractivity contribution in [2.75, 3.05) is 0 Å². The Morgan fingerprint density at radius 3 is 2.66 bits per heavy atom. The largest absolute Gasteiger partial charge is 0.488 e. The van der Waals surface area contributed by atoms with Gasteiger partial charge >= 0.3 is 5.97 Å². The molecular formula is C24H18BrN3O4. The summed E-state index contributed by atoms with van der Waals surface area (Å²) in [4.78, 5) is 28.4. The molecular weight excluding hydrogens is 474 g/mol. The van der Waals surface area contributed by atoms with E-state index < -0.39 is 5.97 Å². The van der Waals surface area contributed by atoms with Crippen molar-refractivity contribution in [3.05, 3.63) is 104 Å². The second-order valence-electron chi connectivity index (χ2n) is 7.01. The molecule has 0 aliphatic heterocycles. The highest BCUT2D eigenvalue weighted by molar-refractivity contribution is 9.10. The van der Waals surface area contributed by atoms with Gasteiger partial charge in [0.15, 0.2) is 0 Å². The summed E-state index contributed by atoms with van der Waals surface area (Å²) in [7, 11) is 0. The minimum absolute atomic E-state index is 0.220. The number of nitrogens with zero attached hydrogens (tertiary/aromatic N) is 3. The molecule has 0 bridgehead atoms. The van der Waals surface area contributed by atoms with Gasteiger partial charge in [-0.3, -0.25) is 4.79 Å². The fraction of sp³-hybridized carbons (Fsp3) is 0.0833. The van der Waals surface area contributed by atoms with E-state index in [-0.39, 0.29) is 17.7 Å². The molecule has 0 fully saturated rings. The quantitative estimate of drug-likeness (QED) is 0.397. The molecule has 0 spiro atoms. The number of aromatic carboxylic acids is 1. The average Bonchev–Trinajstić information content (AvgIpc) is 2.79. The van der Waals surface area contributed by atoms with Crippen LogP contribution < -0.4 is 10.3 Å². The van der Waals surface area contributed by atoms with Crippen LogP contribution in [0.4, 0.5) is 0 Å². The second-order valence-corrected chi connectivity index (χ2v) is 7.93. The van der Waals surface area contributed by atoms with E-state index in [0.29, 0.717) is 28.0 Å². The summed E-state index contributed by atoms with van der Waals surface area (Å²) < 4.78 is 7.96. The lowest BCUT2D eigenvalue weighted by Gasteiger charge is -2.10. The Balaban J connectivity index is 1.59. The number of carbonyl (C=O) groups is 1. The number of carboxylic acid groups (broad SMARTS) is 1. The number of aromatic nitrogens is 2. The first-order valence-corrected chi connectivity index (χ1v) is 10.5. The smallest absolute Gasteiger partial charge is 0.335 e. The number of ether oxygens (including phenoxy) is 1. The molecule has 4 aromatic rings. The van der Waals surface area contributed by atoms with Crippen LogP contribution in [0.1, 0.15) is 27.3 Å². The number of rotatable bonds is 6. The van der Waals surface area contributed by atoms with Crippen molar-refractivity contribution in [1.29, 1.82) is 0 Å². The summed E-state index contributed by atoms with van der Waals surface area (Å²) in [6, 6.07) is 19.2. The van der Waals surface area contributed by atoms with Gasteiger partial charge in [-0.1, -0.05) is 40.2 Å². The third kappa shape index (κ3) is 4.60. The van der Waals surface area contributed by atoms with Crippen molar-refractivity contribution >= 4 is 39.0 Å². The molecule has 0 aliphatic carbocycles. The van der Waals surface area contributed by atoms with Crippen LogP contribution in [0.3, 0.4) is 0 Å². The highest BCUT2D eigenvalue weighted by Gasteiger charge is 2.09. The lowest BCUT2D eigenvalue weighted by molar-refractivity contribution is 0.0697. The highest BCUT2D eigenvalue weighted by atomic mass is 79.9. The topological polar surface area (TPSA) is 93.8 Å². The van der Waals surface area contributed by atoms with Crippen LogP contribution in [0.2, 0.25) is 0 Å². The van der Waals surface area contributed by atoms with Gasteiger partial charge in [0.05, 0.1) is 22.7 Å². The number of benzene rings is 3. The van der Waals surface area contributed by atoms with Crippen LogP contribution >= 0.6 is 15.9 Å². The molecule has 8 heteroatoms. The zero-order valence-electron chi connectivity index (χ0n) is 17.0. The predicted molar refractivity (Wildman–Crippen MR) is 126 cm³/mol. The van der Waals surface area contributed by atoms with E-state index in [4.69, 9.17) is 9.84 Å². The molecule has 1 N–H and O–H groups in total. The summed E-state index contributed by atoms with van der Waals surface area (Å²) in [6.07, 6.45) is 1.56. The fourth-order valence-corrected chi connectivity index (χ4v) is 3.50. The van der Waals surface area contributed by atoms with Crippen molar-refractivity contribution in [2.45, 2.75) is 13.5 Å². The second kappa shape index (κ2) is 9.15. The molecule has 4 rings (SSSR count). The Hall–Kier alpha value is -3.78. The van der Waals surface area contributed by atoms with Crippen molar-refractivity contribution in [3.8, 4) is 5.75 Å². The molecule has 0 atom stereocenters. The molecule has 3 aromatic carbocycles. The lowest BCUT2D eigenvalue weighted by atomic mass is 10.1. The first-order chi connectivity index (χ1) is 15.4. The summed E-state index contributed by atoms with van der Waals surface area (Å²) in [5, 5.41) is 13.8. The van der Waals surface area contributed by atoms with Gasteiger partial charge in [-0.25, -0.2) is 9.78 Å². The normalized spacial score (nSPS) is 11.2. The first-order valence-electron chi connectivity index (χ1n) is 9.70. The maximum Gasteiger partial charge on any atom is 0.335 e. The number of fused-ring (bicyclic) bond motifs is 1. The van der Waals surface area contributed by atoms with Gasteiger partial charge in [0, 0.05) is 10.0 Å². The molecule has 0 aliphatic rings. The maximum atomic E-state index is 12.9. The van der Waals surface area contributed by atoms with Crippen LogP contribution in [0.15, 0.2) is 81.1 Å². The van der Waals surface area contributed by atoms with E-state index in [9.17, 15) is 9.59 Å². The molecule has 0 unspecified atom stereocenters. The minimum atomic E-state index is -0.972. The standard InChI is InChI=1S/C24H18BrN3O4/c1-15-27-21-11-10-19(25)12-20(21)23(29)28(15)26-13-18-4-2-3-5-22(18)32-14-16-6-8-17(9-7-16)24(30)31/h2-13H,14H2,1H3,(H,30,31). The third-order valence-corrected chi connectivity index (χ3v) is 5.29. The number of hydrogen-bond donors (Lipinski definition) is 1. The molecule has 0 saturated carbocycles. The van der Waals surface area contributed by atoms with E-state index in [1.54, 1.807) is 43.5 Å². The summed E-state index contributed by atoms with van der Waals surface area (Å²) >= 11 is 3.38. The Morgan fingerprint density at radius 1 is 1.16 bits per heavy atom. The fourth-order valence-electron chi connectivity index (χ4n) is 3.14. The van der Waals surface area contributed by atoms with Crippen LogP contribution in [-0.2, 0) is 6.61 Å². The third-order valence-electron chi connectivity index (χ3n) is 4.80. The molecule has 1 aromatic heterocycles. The van der Waals surface area contributed by atoms with Gasteiger partial charge in [-0.05, 0) is 55.0 Å². The average molecular weight is 492 g/mol. The monoisotopic (exact) mass is 491 g/mol. The summed E-state index contributed by atoms with van der Waals surface area (Å²) in [6.45, 7) is 1.98. The van der Waals surface area contributed by atoms with Crippen molar-refractivity contribution in [1.82, 2.24) is 9.66 Å². The van der Waals surface area contributed by atoms with Crippen LogP contribution in [0.25, 0.3) is 10.9 Å². The van der Waals surface area contributed by atoms with E-state index >= 15 is 0 Å². The Bertz CT molecular complexity index is 1400. The number of aryl methyl sites for hydroxylation is 1.